The highest BCUT2D eigenvalue weighted by molar-refractivity contribution is 5.87. The van der Waals surface area contributed by atoms with Gasteiger partial charge in [0.1, 0.15) is 5.84 Å². The molecule has 2 heterocycles. The molecule has 0 saturated heterocycles. The number of nitrogens with zero attached hydrogens (tertiary/aromatic N) is 4. The zero-order valence-corrected chi connectivity index (χ0v) is 17.2. The molecule has 4 atom stereocenters. The minimum atomic E-state index is -0.0689. The number of hydrogen-bond acceptors (Lipinski definition) is 6. The van der Waals surface area contributed by atoms with E-state index >= 15 is 0 Å². The third-order valence-corrected chi connectivity index (χ3v) is 5.64. The molecule has 4 unspecified atom stereocenters. The maximum atomic E-state index is 5.03. The van der Waals surface area contributed by atoms with E-state index in [-0.39, 0.29) is 12.6 Å². The van der Waals surface area contributed by atoms with Crippen LogP contribution >= 0.6 is 0 Å². The number of hydrogen-bond donors (Lipinski definition) is 2. The molecule has 0 aromatic rings. The molecule has 0 fully saturated rings. The third kappa shape index (κ3) is 4.80. The molecule has 2 N–H and O–H groups in total. The molecule has 2 rings (SSSR count). The van der Waals surface area contributed by atoms with Crippen LogP contribution in [0, 0.1) is 11.8 Å². The Labute approximate surface area is 154 Å². The van der Waals surface area contributed by atoms with Crippen molar-refractivity contribution in [1.82, 2.24) is 20.7 Å². The van der Waals surface area contributed by atoms with Crippen LogP contribution in [0.2, 0.25) is 0 Å². The maximum Gasteiger partial charge on any atom is 0.176 e. The quantitative estimate of drug-likeness (QED) is 0.706. The molecule has 2 aliphatic rings. The summed E-state index contributed by atoms with van der Waals surface area (Å²) in [6, 6.07) is 0.494. The van der Waals surface area contributed by atoms with Crippen LogP contribution in [0.3, 0.4) is 0 Å². The van der Waals surface area contributed by atoms with Crippen LogP contribution < -0.4 is 10.9 Å². The number of aliphatic imine (C=N–C) groups is 2. The number of rotatable bonds is 8. The van der Waals surface area contributed by atoms with Crippen molar-refractivity contribution >= 4 is 11.5 Å². The van der Waals surface area contributed by atoms with Gasteiger partial charge in [-0.25, -0.2) is 9.89 Å². The zero-order valence-electron chi connectivity index (χ0n) is 17.2. The molecular formula is C19H38N6. The van der Waals surface area contributed by atoms with Crippen molar-refractivity contribution < 1.29 is 0 Å². The minimum Gasteiger partial charge on any atom is -0.306 e. The van der Waals surface area contributed by atoms with Gasteiger partial charge >= 0.3 is 0 Å². The van der Waals surface area contributed by atoms with Gasteiger partial charge in [-0.2, -0.15) is 5.43 Å². The first-order chi connectivity index (χ1) is 11.9. The lowest BCUT2D eigenvalue weighted by Gasteiger charge is -2.42. The van der Waals surface area contributed by atoms with Crippen LogP contribution in [-0.4, -0.2) is 54.1 Å². The molecule has 0 amide bonds. The van der Waals surface area contributed by atoms with Crippen molar-refractivity contribution in [2.75, 3.05) is 14.1 Å². The van der Waals surface area contributed by atoms with Crippen LogP contribution in [0.4, 0.5) is 0 Å². The molecule has 0 bridgehead atoms. The van der Waals surface area contributed by atoms with Crippen LogP contribution in [0.1, 0.15) is 66.7 Å². The molecule has 6 nitrogen and oxygen atoms in total. The van der Waals surface area contributed by atoms with Crippen LogP contribution in [0.15, 0.2) is 9.98 Å². The van der Waals surface area contributed by atoms with Crippen LogP contribution in [-0.2, 0) is 0 Å². The van der Waals surface area contributed by atoms with E-state index in [1.807, 2.05) is 0 Å². The molecule has 2 aliphatic heterocycles. The van der Waals surface area contributed by atoms with E-state index in [9.17, 15) is 0 Å². The van der Waals surface area contributed by atoms with Crippen molar-refractivity contribution in [3.8, 4) is 0 Å². The van der Waals surface area contributed by atoms with Gasteiger partial charge in [0, 0.05) is 24.1 Å². The summed E-state index contributed by atoms with van der Waals surface area (Å²) in [6.07, 6.45) is 5.83. The molecule has 0 aliphatic carbocycles. The Morgan fingerprint density at radius 1 is 1.28 bits per heavy atom. The Morgan fingerprint density at radius 3 is 2.60 bits per heavy atom. The second kappa shape index (κ2) is 9.10. The average Bonchev–Trinajstić information content (AvgIpc) is 3.07. The second-order valence-electron chi connectivity index (χ2n) is 7.91. The summed E-state index contributed by atoms with van der Waals surface area (Å²) in [5.74, 6) is 2.12. The number of amidine groups is 1. The van der Waals surface area contributed by atoms with Crippen molar-refractivity contribution in [1.29, 1.82) is 0 Å². The largest absolute Gasteiger partial charge is 0.306 e. The Kier molecular flexibility index (Phi) is 7.40. The van der Waals surface area contributed by atoms with Gasteiger partial charge < -0.3 is 5.43 Å². The first-order valence-electron chi connectivity index (χ1n) is 9.98. The van der Waals surface area contributed by atoms with Gasteiger partial charge in [0.15, 0.2) is 12.6 Å². The van der Waals surface area contributed by atoms with Gasteiger partial charge in [0.2, 0.25) is 0 Å². The Balaban J connectivity index is 2.11. The minimum absolute atomic E-state index is 0.0271. The lowest BCUT2D eigenvalue weighted by Crippen LogP contribution is -2.57. The molecular weight excluding hydrogens is 312 g/mol. The van der Waals surface area contributed by atoms with E-state index in [2.05, 4.69) is 69.4 Å². The van der Waals surface area contributed by atoms with Gasteiger partial charge in [-0.15, -0.1) is 0 Å². The van der Waals surface area contributed by atoms with Crippen LogP contribution in [0.25, 0.3) is 0 Å². The van der Waals surface area contributed by atoms with Crippen molar-refractivity contribution in [2.45, 2.75) is 85.3 Å². The normalized spacial score (nSPS) is 28.9. The van der Waals surface area contributed by atoms with E-state index in [4.69, 9.17) is 9.98 Å². The third-order valence-electron chi connectivity index (χ3n) is 5.64. The van der Waals surface area contributed by atoms with Gasteiger partial charge in [-0.1, -0.05) is 40.5 Å². The highest BCUT2D eigenvalue weighted by Gasteiger charge is 2.35. The first-order valence-corrected chi connectivity index (χ1v) is 9.98. The topological polar surface area (TPSA) is 55.3 Å². The van der Waals surface area contributed by atoms with Gasteiger partial charge in [0.05, 0.1) is 0 Å². The highest BCUT2D eigenvalue weighted by atomic mass is 15.6. The number of nitrogens with one attached hydrogen (secondary N) is 2. The van der Waals surface area contributed by atoms with Gasteiger partial charge in [0.25, 0.3) is 0 Å². The van der Waals surface area contributed by atoms with E-state index < -0.39 is 0 Å². The smallest absolute Gasteiger partial charge is 0.176 e. The molecule has 25 heavy (non-hydrogen) atoms. The number of hydrazine groups is 1. The van der Waals surface area contributed by atoms with Crippen molar-refractivity contribution in [3.63, 3.8) is 0 Å². The zero-order chi connectivity index (χ0) is 18.6. The predicted molar refractivity (Wildman–Crippen MR) is 106 cm³/mol. The van der Waals surface area contributed by atoms with E-state index in [1.165, 1.54) is 25.0 Å². The summed E-state index contributed by atoms with van der Waals surface area (Å²) in [5.41, 5.74) is 8.00. The maximum absolute atomic E-state index is 5.03. The number of unbranched alkanes of at least 4 members (excludes halogenated alkanes) is 1. The summed E-state index contributed by atoms with van der Waals surface area (Å²) in [5, 5.41) is 0. The van der Waals surface area contributed by atoms with Crippen LogP contribution in [0.5, 0.6) is 0 Å². The summed E-state index contributed by atoms with van der Waals surface area (Å²) < 4.78 is 0. The molecule has 0 spiro atoms. The van der Waals surface area contributed by atoms with Crippen molar-refractivity contribution in [3.05, 3.63) is 0 Å². The first kappa shape index (κ1) is 20.3. The fourth-order valence-corrected chi connectivity index (χ4v) is 3.58. The molecule has 0 aromatic carbocycles. The van der Waals surface area contributed by atoms with Crippen molar-refractivity contribution in [2.24, 2.45) is 21.8 Å². The standard InChI is InChI=1S/C19H38N6/c1-8-10-11-15(9-2)17-21-18(23-22-17)25(7)19-20-16(13(3)4)12-14(5)24(19)6/h13-15,18-19,23H,8-12H2,1-7H3,(H,21,22). The monoisotopic (exact) mass is 350 g/mol. The fourth-order valence-electron chi connectivity index (χ4n) is 3.58. The second-order valence-corrected chi connectivity index (χ2v) is 7.91. The molecule has 0 radical (unpaired) electrons. The SMILES string of the molecule is CCCCC(CC)C1=NC(N(C)C2N=C(C(C)C)CC(C)N2C)NN1. The van der Waals surface area contributed by atoms with E-state index in [1.54, 1.807) is 0 Å². The predicted octanol–water partition coefficient (Wildman–Crippen LogP) is 3.03. The average molecular weight is 351 g/mol. The Hall–Kier alpha value is -0.980. The van der Waals surface area contributed by atoms with Gasteiger partial charge in [-0.3, -0.25) is 9.89 Å². The van der Waals surface area contributed by atoms with E-state index in [0.29, 0.717) is 17.9 Å². The molecule has 0 saturated carbocycles. The summed E-state index contributed by atoms with van der Waals surface area (Å²) in [7, 11) is 4.27. The van der Waals surface area contributed by atoms with E-state index in [0.717, 1.165) is 18.7 Å². The summed E-state index contributed by atoms with van der Waals surface area (Å²) in [6.45, 7) is 11.2. The summed E-state index contributed by atoms with van der Waals surface area (Å²) >= 11 is 0. The Morgan fingerprint density at radius 2 is 2.00 bits per heavy atom. The lowest BCUT2D eigenvalue weighted by atomic mass is 9.98. The fraction of sp³-hybridized carbons (Fsp3) is 0.895. The highest BCUT2D eigenvalue weighted by Crippen LogP contribution is 2.23. The van der Waals surface area contributed by atoms with Gasteiger partial charge in [-0.05, 0) is 39.8 Å². The Bertz CT molecular complexity index is 486. The molecule has 144 valence electrons. The molecule has 6 heteroatoms. The lowest BCUT2D eigenvalue weighted by molar-refractivity contribution is 0.0192. The molecule has 0 aromatic heterocycles. The summed E-state index contributed by atoms with van der Waals surface area (Å²) in [4.78, 5) is 14.5.